The van der Waals surface area contributed by atoms with Gasteiger partial charge in [0, 0.05) is 23.4 Å². The smallest absolute Gasteiger partial charge is 0.0938 e. The molecule has 150 valence electrons. The Morgan fingerprint density at radius 3 is 2.66 bits per heavy atom. The SMILES string of the molecule is Cc1ccccc1-c1c(C2CCC3NNC(N)C3C2)nnn1Cc1ccccc1. The molecule has 1 aliphatic carbocycles. The summed E-state index contributed by atoms with van der Waals surface area (Å²) in [6, 6.07) is 19.5. The van der Waals surface area contributed by atoms with E-state index in [0.29, 0.717) is 17.9 Å². The summed E-state index contributed by atoms with van der Waals surface area (Å²) in [4.78, 5) is 0. The number of nitrogens with zero attached hydrogens (tertiary/aromatic N) is 3. The van der Waals surface area contributed by atoms with Crippen LogP contribution >= 0.6 is 0 Å². The summed E-state index contributed by atoms with van der Waals surface area (Å²) in [6.07, 6.45) is 3.25. The zero-order valence-corrected chi connectivity index (χ0v) is 16.8. The molecule has 2 heterocycles. The van der Waals surface area contributed by atoms with Crippen LogP contribution in [0, 0.1) is 12.8 Å². The topological polar surface area (TPSA) is 80.8 Å². The van der Waals surface area contributed by atoms with Gasteiger partial charge in [0.15, 0.2) is 0 Å². The van der Waals surface area contributed by atoms with Crippen LogP contribution in [0.1, 0.15) is 42.0 Å². The van der Waals surface area contributed by atoms with Crippen molar-refractivity contribution in [1.29, 1.82) is 0 Å². The van der Waals surface area contributed by atoms with Crippen molar-refractivity contribution in [2.24, 2.45) is 11.7 Å². The van der Waals surface area contributed by atoms with Gasteiger partial charge in [-0.15, -0.1) is 5.10 Å². The summed E-state index contributed by atoms with van der Waals surface area (Å²) in [5.41, 5.74) is 18.8. The average Bonchev–Trinajstić information content (AvgIpc) is 3.33. The molecular formula is C23H28N6. The number of hydrogen-bond donors (Lipinski definition) is 3. The molecule has 2 fully saturated rings. The molecule has 0 radical (unpaired) electrons. The number of benzene rings is 2. The lowest BCUT2D eigenvalue weighted by Crippen LogP contribution is -2.39. The van der Waals surface area contributed by atoms with Gasteiger partial charge < -0.3 is 5.73 Å². The second-order valence-corrected chi connectivity index (χ2v) is 8.38. The first kappa shape index (κ1) is 18.5. The molecule has 1 aliphatic heterocycles. The van der Waals surface area contributed by atoms with Crippen LogP contribution in [0.25, 0.3) is 11.3 Å². The van der Waals surface area contributed by atoms with Gasteiger partial charge in [0.2, 0.25) is 0 Å². The molecule has 4 N–H and O–H groups in total. The molecule has 2 aromatic carbocycles. The fourth-order valence-electron chi connectivity index (χ4n) is 4.92. The molecule has 6 heteroatoms. The summed E-state index contributed by atoms with van der Waals surface area (Å²) in [6.45, 7) is 2.88. The highest BCUT2D eigenvalue weighted by molar-refractivity contribution is 5.66. The van der Waals surface area contributed by atoms with Crippen LogP contribution in [0.2, 0.25) is 0 Å². The molecule has 2 aliphatic rings. The Hall–Kier alpha value is -2.54. The van der Waals surface area contributed by atoms with Crippen LogP contribution < -0.4 is 16.6 Å². The van der Waals surface area contributed by atoms with Crippen molar-refractivity contribution in [3.8, 4) is 11.3 Å². The second-order valence-electron chi connectivity index (χ2n) is 8.38. The van der Waals surface area contributed by atoms with E-state index >= 15 is 0 Å². The minimum Gasteiger partial charge on any atom is -0.315 e. The monoisotopic (exact) mass is 388 g/mol. The van der Waals surface area contributed by atoms with Crippen LogP contribution in [-0.2, 0) is 6.54 Å². The molecule has 1 aromatic heterocycles. The van der Waals surface area contributed by atoms with Crippen LogP contribution in [0.5, 0.6) is 0 Å². The third kappa shape index (κ3) is 3.48. The van der Waals surface area contributed by atoms with Crippen molar-refractivity contribution in [3.63, 3.8) is 0 Å². The van der Waals surface area contributed by atoms with E-state index in [-0.39, 0.29) is 6.17 Å². The third-order valence-corrected chi connectivity index (χ3v) is 6.52. The number of aryl methyl sites for hydroxylation is 1. The average molecular weight is 389 g/mol. The highest BCUT2D eigenvalue weighted by atomic mass is 15.5. The normalized spacial score (nSPS) is 26.4. The maximum absolute atomic E-state index is 6.30. The number of nitrogens with one attached hydrogen (secondary N) is 2. The minimum absolute atomic E-state index is 0.00377. The lowest BCUT2D eigenvalue weighted by molar-refractivity contribution is 0.276. The predicted octanol–water partition coefficient (Wildman–Crippen LogP) is 2.95. The molecule has 4 atom stereocenters. The molecule has 0 spiro atoms. The molecule has 3 aromatic rings. The largest absolute Gasteiger partial charge is 0.315 e. The van der Waals surface area contributed by atoms with Crippen molar-refractivity contribution in [2.45, 2.75) is 50.9 Å². The highest BCUT2D eigenvalue weighted by Crippen LogP contribution is 2.41. The van der Waals surface area contributed by atoms with Gasteiger partial charge in [0.05, 0.1) is 24.1 Å². The standard InChI is InChI=1S/C23H28N6/c1-15-7-5-6-10-18(15)22-21(17-11-12-20-19(13-17)23(24)27-25-20)26-28-29(22)14-16-8-3-2-4-9-16/h2-10,17,19-20,23,25,27H,11-14,24H2,1H3. The predicted molar refractivity (Wildman–Crippen MR) is 114 cm³/mol. The van der Waals surface area contributed by atoms with E-state index in [4.69, 9.17) is 10.8 Å². The third-order valence-electron chi connectivity index (χ3n) is 6.52. The van der Waals surface area contributed by atoms with Gasteiger partial charge in [0.25, 0.3) is 0 Å². The van der Waals surface area contributed by atoms with E-state index in [0.717, 1.165) is 37.2 Å². The molecule has 1 saturated carbocycles. The summed E-state index contributed by atoms with van der Waals surface area (Å²) in [7, 11) is 0. The van der Waals surface area contributed by atoms with Crippen LogP contribution in [-0.4, -0.2) is 27.2 Å². The second kappa shape index (κ2) is 7.71. The Kier molecular flexibility index (Phi) is 4.91. The first-order valence-corrected chi connectivity index (χ1v) is 10.5. The van der Waals surface area contributed by atoms with E-state index in [1.807, 2.05) is 6.07 Å². The summed E-state index contributed by atoms with van der Waals surface area (Å²) < 4.78 is 2.07. The Morgan fingerprint density at radius 2 is 1.83 bits per heavy atom. The van der Waals surface area contributed by atoms with E-state index in [2.05, 4.69) is 76.2 Å². The lowest BCUT2D eigenvalue weighted by atomic mass is 9.76. The van der Waals surface area contributed by atoms with Gasteiger partial charge in [-0.25, -0.2) is 10.1 Å². The van der Waals surface area contributed by atoms with Crippen LogP contribution in [0.3, 0.4) is 0 Å². The van der Waals surface area contributed by atoms with Gasteiger partial charge in [-0.1, -0.05) is 59.8 Å². The van der Waals surface area contributed by atoms with Crippen molar-refractivity contribution in [1.82, 2.24) is 25.8 Å². The molecule has 6 nitrogen and oxygen atoms in total. The number of rotatable bonds is 4. The fraction of sp³-hybridized carbons (Fsp3) is 0.391. The van der Waals surface area contributed by atoms with E-state index in [9.17, 15) is 0 Å². The first-order chi connectivity index (χ1) is 14.2. The van der Waals surface area contributed by atoms with Crippen molar-refractivity contribution in [3.05, 3.63) is 71.4 Å². The zero-order chi connectivity index (χ0) is 19.8. The summed E-state index contributed by atoms with van der Waals surface area (Å²) in [5.74, 6) is 0.806. The maximum atomic E-state index is 6.30. The molecule has 0 bridgehead atoms. The molecule has 1 saturated heterocycles. The van der Waals surface area contributed by atoms with E-state index in [1.165, 1.54) is 16.7 Å². The Balaban J connectivity index is 1.54. The number of nitrogens with two attached hydrogens (primary N) is 1. The molecular weight excluding hydrogens is 360 g/mol. The Bertz CT molecular complexity index is 982. The van der Waals surface area contributed by atoms with Crippen molar-refractivity contribution in [2.75, 3.05) is 0 Å². The number of hydrogen-bond acceptors (Lipinski definition) is 5. The number of fused-ring (bicyclic) bond motifs is 1. The van der Waals surface area contributed by atoms with E-state index in [1.54, 1.807) is 0 Å². The Morgan fingerprint density at radius 1 is 1.03 bits per heavy atom. The van der Waals surface area contributed by atoms with Crippen molar-refractivity contribution < 1.29 is 0 Å². The number of hydrazine groups is 1. The van der Waals surface area contributed by atoms with Crippen molar-refractivity contribution >= 4 is 0 Å². The molecule has 0 amide bonds. The van der Waals surface area contributed by atoms with Gasteiger partial charge in [0.1, 0.15) is 0 Å². The first-order valence-electron chi connectivity index (χ1n) is 10.5. The van der Waals surface area contributed by atoms with Gasteiger partial charge >= 0.3 is 0 Å². The summed E-state index contributed by atoms with van der Waals surface area (Å²) >= 11 is 0. The molecule has 5 rings (SSSR count). The minimum atomic E-state index is 0.00377. The molecule has 29 heavy (non-hydrogen) atoms. The number of aromatic nitrogens is 3. The highest BCUT2D eigenvalue weighted by Gasteiger charge is 2.40. The van der Waals surface area contributed by atoms with Gasteiger partial charge in [-0.3, -0.25) is 5.43 Å². The van der Waals surface area contributed by atoms with Crippen LogP contribution in [0.4, 0.5) is 0 Å². The molecule has 4 unspecified atom stereocenters. The van der Waals surface area contributed by atoms with Gasteiger partial charge in [-0.05, 0) is 37.3 Å². The van der Waals surface area contributed by atoms with Gasteiger partial charge in [-0.2, -0.15) is 0 Å². The maximum Gasteiger partial charge on any atom is 0.0938 e. The Labute approximate surface area is 171 Å². The zero-order valence-electron chi connectivity index (χ0n) is 16.8. The lowest BCUT2D eigenvalue weighted by Gasteiger charge is -2.31. The van der Waals surface area contributed by atoms with Crippen LogP contribution in [0.15, 0.2) is 54.6 Å². The quantitative estimate of drug-likeness (QED) is 0.640. The summed E-state index contributed by atoms with van der Waals surface area (Å²) in [5, 5.41) is 9.34. The fourth-order valence-corrected chi connectivity index (χ4v) is 4.92. The van der Waals surface area contributed by atoms with E-state index < -0.39 is 0 Å².